The van der Waals surface area contributed by atoms with E-state index >= 15 is 0 Å². The van der Waals surface area contributed by atoms with Crippen LogP contribution in [0.25, 0.3) is 33.5 Å². The summed E-state index contributed by atoms with van der Waals surface area (Å²) in [5.41, 5.74) is 5.51. The third kappa shape index (κ3) is 4.48. The normalized spacial score (nSPS) is 11.1. The first-order valence-corrected chi connectivity index (χ1v) is 11.5. The molecule has 9 nitrogen and oxygen atoms in total. The number of fused-ring (bicyclic) bond motifs is 1. The summed E-state index contributed by atoms with van der Waals surface area (Å²) < 4.78 is 1.96. The zero-order valence-electron chi connectivity index (χ0n) is 19.3. The van der Waals surface area contributed by atoms with Crippen LogP contribution in [0.1, 0.15) is 35.7 Å². The van der Waals surface area contributed by atoms with Crippen LogP contribution in [0.2, 0.25) is 0 Å². The summed E-state index contributed by atoms with van der Waals surface area (Å²) in [6.07, 6.45) is 2.06. The molecule has 35 heavy (non-hydrogen) atoms. The lowest BCUT2D eigenvalue weighted by Gasteiger charge is -2.13. The van der Waals surface area contributed by atoms with E-state index in [0.29, 0.717) is 29.4 Å². The number of unbranched alkanes of at least 4 members (excludes halogenated alkanes) is 1. The summed E-state index contributed by atoms with van der Waals surface area (Å²) in [5.74, 6) is 0.318. The highest BCUT2D eigenvalue weighted by atomic mass is 16.4. The number of nitrogens with zero attached hydrogens (tertiary/aromatic N) is 5. The van der Waals surface area contributed by atoms with Crippen molar-refractivity contribution >= 4 is 23.0 Å². The fourth-order valence-corrected chi connectivity index (χ4v) is 4.21. The topological polar surface area (TPSA) is 122 Å². The van der Waals surface area contributed by atoms with Crippen LogP contribution in [0.3, 0.4) is 0 Å². The van der Waals surface area contributed by atoms with Gasteiger partial charge in [0.05, 0.1) is 23.1 Å². The van der Waals surface area contributed by atoms with Gasteiger partial charge in [-0.3, -0.25) is 0 Å². The molecule has 0 aliphatic rings. The number of aromatic carboxylic acids is 1. The molecular formula is C26H25N7O2. The summed E-state index contributed by atoms with van der Waals surface area (Å²) in [7, 11) is 0. The Hall–Kier alpha value is -4.53. The van der Waals surface area contributed by atoms with Gasteiger partial charge >= 0.3 is 5.97 Å². The Kier molecular flexibility index (Phi) is 6.21. The van der Waals surface area contributed by atoms with Crippen molar-refractivity contribution in [2.75, 3.05) is 11.9 Å². The Balaban J connectivity index is 1.50. The van der Waals surface area contributed by atoms with E-state index in [4.69, 9.17) is 4.98 Å². The SMILES string of the molecule is CCCCNc1nc2cccc(C(=O)O)c2n1Cc1ccc(-c2ccccc2-c2nnn[nH]2)cc1. The van der Waals surface area contributed by atoms with Crippen molar-refractivity contribution in [1.29, 1.82) is 0 Å². The molecule has 0 atom stereocenters. The number of carbonyl (C=O) groups is 1. The van der Waals surface area contributed by atoms with Crippen LogP contribution in [-0.2, 0) is 6.54 Å². The Morgan fingerprint density at radius 2 is 1.83 bits per heavy atom. The lowest BCUT2D eigenvalue weighted by molar-refractivity contribution is 0.0698. The molecule has 0 bridgehead atoms. The molecule has 9 heteroatoms. The van der Waals surface area contributed by atoms with Gasteiger partial charge in [0.15, 0.2) is 5.82 Å². The molecule has 5 aromatic rings. The zero-order valence-corrected chi connectivity index (χ0v) is 19.3. The maximum absolute atomic E-state index is 11.9. The van der Waals surface area contributed by atoms with Crippen molar-refractivity contribution < 1.29 is 9.90 Å². The second-order valence-electron chi connectivity index (χ2n) is 8.27. The average molecular weight is 468 g/mol. The number of aromatic amines is 1. The van der Waals surface area contributed by atoms with Gasteiger partial charge in [0.1, 0.15) is 0 Å². The van der Waals surface area contributed by atoms with Crippen LogP contribution in [0, 0.1) is 0 Å². The van der Waals surface area contributed by atoms with Crippen molar-refractivity contribution in [3.8, 4) is 22.5 Å². The fourth-order valence-electron chi connectivity index (χ4n) is 4.21. The van der Waals surface area contributed by atoms with E-state index in [-0.39, 0.29) is 5.56 Å². The van der Waals surface area contributed by atoms with Crippen molar-refractivity contribution in [3.63, 3.8) is 0 Å². The zero-order chi connectivity index (χ0) is 24.2. The number of tetrazole rings is 1. The van der Waals surface area contributed by atoms with Gasteiger partial charge in [-0.1, -0.05) is 67.9 Å². The third-order valence-corrected chi connectivity index (χ3v) is 5.94. The van der Waals surface area contributed by atoms with Crippen molar-refractivity contribution in [3.05, 3.63) is 77.9 Å². The molecule has 0 unspecified atom stereocenters. The second-order valence-corrected chi connectivity index (χ2v) is 8.27. The lowest BCUT2D eigenvalue weighted by atomic mass is 9.98. The summed E-state index contributed by atoms with van der Waals surface area (Å²) in [4.78, 5) is 16.6. The van der Waals surface area contributed by atoms with E-state index in [1.807, 2.05) is 34.9 Å². The monoisotopic (exact) mass is 467 g/mol. The van der Waals surface area contributed by atoms with Gasteiger partial charge in [-0.25, -0.2) is 14.9 Å². The largest absolute Gasteiger partial charge is 0.478 e. The quantitative estimate of drug-likeness (QED) is 0.265. The van der Waals surface area contributed by atoms with Crippen LogP contribution in [0.15, 0.2) is 66.7 Å². The van der Waals surface area contributed by atoms with Crippen LogP contribution in [0.5, 0.6) is 0 Å². The van der Waals surface area contributed by atoms with E-state index in [9.17, 15) is 9.90 Å². The van der Waals surface area contributed by atoms with Crippen LogP contribution in [0.4, 0.5) is 5.95 Å². The molecule has 0 fully saturated rings. The molecule has 0 aliphatic carbocycles. The molecule has 0 amide bonds. The number of anilines is 1. The highest BCUT2D eigenvalue weighted by Gasteiger charge is 2.18. The number of aromatic nitrogens is 6. The predicted octanol–water partition coefficient (Wildman–Crippen LogP) is 4.84. The Morgan fingerprint density at radius 3 is 2.54 bits per heavy atom. The van der Waals surface area contributed by atoms with Crippen LogP contribution >= 0.6 is 0 Å². The molecular weight excluding hydrogens is 442 g/mol. The Bertz CT molecular complexity index is 1460. The number of hydrogen-bond acceptors (Lipinski definition) is 6. The van der Waals surface area contributed by atoms with Gasteiger partial charge in [0.2, 0.25) is 5.95 Å². The maximum atomic E-state index is 11.9. The smallest absolute Gasteiger partial charge is 0.337 e. The molecule has 5 rings (SSSR count). The number of imidazole rings is 1. The van der Waals surface area contributed by atoms with Gasteiger partial charge in [0, 0.05) is 12.1 Å². The molecule has 0 saturated heterocycles. The number of rotatable bonds is 9. The highest BCUT2D eigenvalue weighted by Crippen LogP contribution is 2.30. The number of H-pyrrole nitrogens is 1. The molecule has 3 aromatic carbocycles. The van der Waals surface area contributed by atoms with Crippen molar-refractivity contribution in [1.82, 2.24) is 30.2 Å². The average Bonchev–Trinajstić information content (AvgIpc) is 3.53. The van der Waals surface area contributed by atoms with Gasteiger partial charge in [-0.2, -0.15) is 0 Å². The van der Waals surface area contributed by atoms with Crippen LogP contribution < -0.4 is 5.32 Å². The maximum Gasteiger partial charge on any atom is 0.337 e. The third-order valence-electron chi connectivity index (χ3n) is 5.94. The standard InChI is InChI=1S/C26H25N7O2/c1-2-3-15-27-26-28-22-10-6-9-21(25(34)35)23(22)33(26)16-17-11-13-18(14-12-17)19-7-4-5-8-20(19)24-29-31-32-30-24/h4-14H,2-3,15-16H2,1H3,(H,27,28)(H,34,35)(H,29,30,31,32). The number of hydrogen-bond donors (Lipinski definition) is 3. The lowest BCUT2D eigenvalue weighted by Crippen LogP contribution is -2.11. The molecule has 0 saturated carbocycles. The van der Waals surface area contributed by atoms with Crippen molar-refractivity contribution in [2.24, 2.45) is 0 Å². The molecule has 2 aromatic heterocycles. The van der Waals surface area contributed by atoms with Crippen LogP contribution in [-0.4, -0.2) is 47.8 Å². The number of para-hydroxylation sites is 1. The predicted molar refractivity (Wildman–Crippen MR) is 134 cm³/mol. The number of benzene rings is 3. The van der Waals surface area contributed by atoms with Crippen molar-refractivity contribution in [2.45, 2.75) is 26.3 Å². The fraction of sp³-hybridized carbons (Fsp3) is 0.192. The second kappa shape index (κ2) is 9.76. The summed E-state index contributed by atoms with van der Waals surface area (Å²) in [6.45, 7) is 3.39. The van der Waals surface area contributed by atoms with Gasteiger partial charge in [0.25, 0.3) is 0 Å². The van der Waals surface area contributed by atoms with Gasteiger partial charge in [-0.15, -0.1) is 5.10 Å². The number of carboxylic acid groups (broad SMARTS) is 1. The van der Waals surface area contributed by atoms with Gasteiger partial charge in [-0.05, 0) is 45.7 Å². The van der Waals surface area contributed by atoms with E-state index in [1.54, 1.807) is 12.1 Å². The minimum absolute atomic E-state index is 0.241. The van der Waals surface area contributed by atoms with E-state index < -0.39 is 5.97 Å². The number of nitrogens with one attached hydrogen (secondary N) is 2. The minimum Gasteiger partial charge on any atom is -0.478 e. The first-order valence-electron chi connectivity index (χ1n) is 11.5. The van der Waals surface area contributed by atoms with E-state index in [1.165, 1.54) is 0 Å². The minimum atomic E-state index is -0.967. The first-order chi connectivity index (χ1) is 17.2. The Labute approximate surface area is 201 Å². The summed E-state index contributed by atoms with van der Waals surface area (Å²) in [6, 6.07) is 21.4. The van der Waals surface area contributed by atoms with E-state index in [0.717, 1.165) is 41.6 Å². The molecule has 2 heterocycles. The van der Waals surface area contributed by atoms with E-state index in [2.05, 4.69) is 57.1 Å². The molecule has 0 spiro atoms. The molecule has 0 aliphatic heterocycles. The van der Waals surface area contributed by atoms with Gasteiger partial charge < -0.3 is 15.0 Å². The highest BCUT2D eigenvalue weighted by molar-refractivity contribution is 6.02. The summed E-state index contributed by atoms with van der Waals surface area (Å²) in [5, 5.41) is 27.4. The number of carboxylic acids is 1. The Morgan fingerprint density at radius 1 is 1.03 bits per heavy atom. The first kappa shape index (κ1) is 22.3. The molecule has 0 radical (unpaired) electrons. The molecule has 3 N–H and O–H groups in total. The molecule has 176 valence electrons. The summed E-state index contributed by atoms with van der Waals surface area (Å²) >= 11 is 0.